The standard InChI is InChI=1S/C10H15N3O2/c1-15-3-2-8-4-10(12-7-11-8)13-5-9(14)6-13/h4,7,9,14H,2-3,5-6H2,1H3. The summed E-state index contributed by atoms with van der Waals surface area (Å²) < 4.78 is 4.99. The van der Waals surface area contributed by atoms with E-state index in [-0.39, 0.29) is 6.10 Å². The molecule has 0 atom stereocenters. The van der Waals surface area contributed by atoms with E-state index >= 15 is 0 Å². The molecule has 1 aliphatic heterocycles. The minimum atomic E-state index is -0.206. The lowest BCUT2D eigenvalue weighted by atomic mass is 10.1. The highest BCUT2D eigenvalue weighted by molar-refractivity contribution is 5.42. The summed E-state index contributed by atoms with van der Waals surface area (Å²) in [6, 6.07) is 1.95. The van der Waals surface area contributed by atoms with Crippen molar-refractivity contribution in [2.45, 2.75) is 12.5 Å². The quantitative estimate of drug-likeness (QED) is 0.747. The smallest absolute Gasteiger partial charge is 0.132 e. The summed E-state index contributed by atoms with van der Waals surface area (Å²) in [6.45, 7) is 2.00. The second-order valence-electron chi connectivity index (χ2n) is 3.67. The zero-order valence-electron chi connectivity index (χ0n) is 8.76. The molecule has 0 spiro atoms. The van der Waals surface area contributed by atoms with Crippen molar-refractivity contribution in [1.29, 1.82) is 0 Å². The van der Waals surface area contributed by atoms with E-state index < -0.39 is 0 Å². The molecule has 0 unspecified atom stereocenters. The molecule has 0 amide bonds. The van der Waals surface area contributed by atoms with Gasteiger partial charge in [0.1, 0.15) is 12.1 Å². The number of ether oxygens (including phenoxy) is 1. The Kier molecular flexibility index (Phi) is 3.13. The van der Waals surface area contributed by atoms with Crippen LogP contribution in [0.1, 0.15) is 5.69 Å². The van der Waals surface area contributed by atoms with Crippen molar-refractivity contribution in [2.75, 3.05) is 31.7 Å². The van der Waals surface area contributed by atoms with Gasteiger partial charge >= 0.3 is 0 Å². The first-order valence-electron chi connectivity index (χ1n) is 5.02. The van der Waals surface area contributed by atoms with Gasteiger partial charge in [0.15, 0.2) is 0 Å². The Morgan fingerprint density at radius 2 is 2.33 bits per heavy atom. The number of rotatable bonds is 4. The summed E-state index contributed by atoms with van der Waals surface area (Å²) in [6.07, 6.45) is 2.15. The van der Waals surface area contributed by atoms with Crippen LogP contribution in [0.15, 0.2) is 12.4 Å². The molecule has 5 nitrogen and oxygen atoms in total. The SMILES string of the molecule is COCCc1cc(N2CC(O)C2)ncn1. The summed E-state index contributed by atoms with van der Waals surface area (Å²) in [7, 11) is 1.67. The van der Waals surface area contributed by atoms with Crippen LogP contribution in [0.5, 0.6) is 0 Å². The number of hydrogen-bond acceptors (Lipinski definition) is 5. The second-order valence-corrected chi connectivity index (χ2v) is 3.67. The zero-order chi connectivity index (χ0) is 10.7. The number of nitrogens with zero attached hydrogens (tertiary/aromatic N) is 3. The van der Waals surface area contributed by atoms with Crippen LogP contribution in [0.4, 0.5) is 5.82 Å². The summed E-state index contributed by atoms with van der Waals surface area (Å²) in [5.74, 6) is 0.890. The molecule has 1 fully saturated rings. The average Bonchev–Trinajstić information content (AvgIpc) is 2.22. The summed E-state index contributed by atoms with van der Waals surface area (Å²) >= 11 is 0. The Hall–Kier alpha value is -1.20. The van der Waals surface area contributed by atoms with Crippen LogP contribution in [-0.2, 0) is 11.2 Å². The van der Waals surface area contributed by atoms with Crippen LogP contribution in [0.25, 0.3) is 0 Å². The van der Waals surface area contributed by atoms with Crippen molar-refractivity contribution in [2.24, 2.45) is 0 Å². The fourth-order valence-electron chi connectivity index (χ4n) is 1.54. The normalized spacial score (nSPS) is 16.5. The first-order valence-corrected chi connectivity index (χ1v) is 5.02. The molecule has 1 aliphatic rings. The zero-order valence-corrected chi connectivity index (χ0v) is 8.76. The van der Waals surface area contributed by atoms with E-state index in [1.54, 1.807) is 13.4 Å². The summed E-state index contributed by atoms with van der Waals surface area (Å²) in [5.41, 5.74) is 0.975. The van der Waals surface area contributed by atoms with Crippen LogP contribution in [0.3, 0.4) is 0 Å². The Labute approximate surface area is 88.7 Å². The van der Waals surface area contributed by atoms with Crippen molar-refractivity contribution in [3.63, 3.8) is 0 Å². The molecule has 15 heavy (non-hydrogen) atoms. The molecule has 1 saturated heterocycles. The first-order chi connectivity index (χ1) is 7.29. The van der Waals surface area contributed by atoms with Gasteiger partial charge in [0, 0.05) is 38.4 Å². The van der Waals surface area contributed by atoms with E-state index in [2.05, 4.69) is 9.97 Å². The molecule has 1 aromatic rings. The number of hydrogen-bond donors (Lipinski definition) is 1. The molecular formula is C10H15N3O2. The lowest BCUT2D eigenvalue weighted by Gasteiger charge is -2.36. The Morgan fingerprint density at radius 1 is 1.53 bits per heavy atom. The van der Waals surface area contributed by atoms with Crippen LogP contribution in [0, 0.1) is 0 Å². The lowest BCUT2D eigenvalue weighted by molar-refractivity contribution is 0.141. The molecule has 0 aliphatic carbocycles. The van der Waals surface area contributed by atoms with E-state index in [1.807, 2.05) is 11.0 Å². The third-order valence-corrected chi connectivity index (χ3v) is 2.46. The van der Waals surface area contributed by atoms with Gasteiger partial charge in [-0.15, -0.1) is 0 Å². The number of methoxy groups -OCH3 is 1. The van der Waals surface area contributed by atoms with Gasteiger partial charge in [0.2, 0.25) is 0 Å². The minimum absolute atomic E-state index is 0.206. The highest BCUT2D eigenvalue weighted by Crippen LogP contribution is 2.18. The molecule has 0 aromatic carbocycles. The van der Waals surface area contributed by atoms with Crippen LogP contribution < -0.4 is 4.90 Å². The van der Waals surface area contributed by atoms with E-state index in [1.165, 1.54) is 0 Å². The molecule has 0 saturated carbocycles. The Balaban J connectivity index is 1.99. The van der Waals surface area contributed by atoms with Crippen molar-refractivity contribution in [1.82, 2.24) is 9.97 Å². The number of aliphatic hydroxyl groups excluding tert-OH is 1. The predicted octanol–water partition coefficient (Wildman–Crippen LogP) is -0.154. The fraction of sp³-hybridized carbons (Fsp3) is 0.600. The number of β-amino-alcohol motifs (C(OH)–C–C–N with tert-alkyl or cyclic N) is 1. The Morgan fingerprint density at radius 3 is 3.00 bits per heavy atom. The predicted molar refractivity (Wildman–Crippen MR) is 55.8 cm³/mol. The van der Waals surface area contributed by atoms with Crippen molar-refractivity contribution < 1.29 is 9.84 Å². The van der Waals surface area contributed by atoms with Crippen molar-refractivity contribution in [3.05, 3.63) is 18.1 Å². The van der Waals surface area contributed by atoms with E-state index in [0.29, 0.717) is 19.7 Å². The highest BCUT2D eigenvalue weighted by atomic mass is 16.5. The maximum atomic E-state index is 9.19. The first kappa shape index (κ1) is 10.3. The van der Waals surface area contributed by atoms with E-state index in [4.69, 9.17) is 4.74 Å². The van der Waals surface area contributed by atoms with Gasteiger partial charge in [-0.25, -0.2) is 9.97 Å². The molecule has 2 rings (SSSR count). The van der Waals surface area contributed by atoms with Gasteiger partial charge in [-0.3, -0.25) is 0 Å². The van der Waals surface area contributed by atoms with Gasteiger partial charge < -0.3 is 14.7 Å². The van der Waals surface area contributed by atoms with Gasteiger partial charge in [0.25, 0.3) is 0 Å². The van der Waals surface area contributed by atoms with Gasteiger partial charge in [-0.05, 0) is 0 Å². The maximum Gasteiger partial charge on any atom is 0.132 e. The number of anilines is 1. The number of aromatic nitrogens is 2. The molecule has 82 valence electrons. The molecule has 2 heterocycles. The van der Waals surface area contributed by atoms with Crippen LogP contribution in [-0.4, -0.2) is 48.0 Å². The topological polar surface area (TPSA) is 58.5 Å². The monoisotopic (exact) mass is 209 g/mol. The largest absolute Gasteiger partial charge is 0.389 e. The second kappa shape index (κ2) is 4.55. The average molecular weight is 209 g/mol. The van der Waals surface area contributed by atoms with Crippen molar-refractivity contribution in [3.8, 4) is 0 Å². The molecule has 0 bridgehead atoms. The summed E-state index contributed by atoms with van der Waals surface area (Å²) in [4.78, 5) is 10.4. The lowest BCUT2D eigenvalue weighted by Crippen LogP contribution is -2.51. The molecule has 1 aromatic heterocycles. The van der Waals surface area contributed by atoms with E-state index in [0.717, 1.165) is 17.9 Å². The minimum Gasteiger partial charge on any atom is -0.389 e. The molecule has 1 N–H and O–H groups in total. The summed E-state index contributed by atoms with van der Waals surface area (Å²) in [5, 5.41) is 9.19. The third kappa shape index (κ3) is 2.43. The number of aliphatic hydroxyl groups is 1. The Bertz CT molecular complexity index is 326. The van der Waals surface area contributed by atoms with Gasteiger partial charge in [-0.1, -0.05) is 0 Å². The van der Waals surface area contributed by atoms with Crippen molar-refractivity contribution >= 4 is 5.82 Å². The van der Waals surface area contributed by atoms with E-state index in [9.17, 15) is 5.11 Å². The van der Waals surface area contributed by atoms with Gasteiger partial charge in [-0.2, -0.15) is 0 Å². The molecule has 0 radical (unpaired) electrons. The molecule has 5 heteroatoms. The van der Waals surface area contributed by atoms with Gasteiger partial charge in [0.05, 0.1) is 12.7 Å². The fourth-order valence-corrected chi connectivity index (χ4v) is 1.54. The van der Waals surface area contributed by atoms with Crippen LogP contribution in [0.2, 0.25) is 0 Å². The molecular weight excluding hydrogens is 194 g/mol. The maximum absolute atomic E-state index is 9.19. The highest BCUT2D eigenvalue weighted by Gasteiger charge is 2.25. The third-order valence-electron chi connectivity index (χ3n) is 2.46. The van der Waals surface area contributed by atoms with Crippen LogP contribution >= 0.6 is 0 Å².